The van der Waals surface area contributed by atoms with Crippen LogP contribution in [0.1, 0.15) is 0 Å². The average Bonchev–Trinajstić information content (AvgIpc) is 2.47. The van der Waals surface area contributed by atoms with E-state index in [-0.39, 0.29) is 10.6 Å². The quantitative estimate of drug-likeness (QED) is 0.710. The van der Waals surface area contributed by atoms with Gasteiger partial charge in [-0.1, -0.05) is 18.3 Å². The van der Waals surface area contributed by atoms with Crippen LogP contribution in [0, 0.1) is 9.48 Å². The zero-order valence-corrected chi connectivity index (χ0v) is 12.7. The number of aromatic nitrogens is 1. The van der Waals surface area contributed by atoms with E-state index in [1.54, 1.807) is 42.0 Å². The zero-order valence-electron chi connectivity index (χ0n) is 11.1. The second-order valence-electron chi connectivity index (χ2n) is 4.36. The van der Waals surface area contributed by atoms with Gasteiger partial charge in [0.25, 0.3) is 4.84 Å². The van der Waals surface area contributed by atoms with Crippen molar-refractivity contribution in [2.75, 3.05) is 7.11 Å². The summed E-state index contributed by atoms with van der Waals surface area (Å²) in [7, 11) is 1.60. The molecule has 0 aliphatic carbocycles. The minimum atomic E-state index is 0.0681. The molecular weight excluding hydrogens is 306 g/mol. The molecule has 2 aromatic carbocycles. The van der Waals surface area contributed by atoms with Gasteiger partial charge in [-0.05, 0) is 48.6 Å². The molecule has 3 rings (SSSR count). The predicted molar refractivity (Wildman–Crippen MR) is 85.4 cm³/mol. The van der Waals surface area contributed by atoms with Crippen molar-refractivity contribution in [3.8, 4) is 17.2 Å². The Morgan fingerprint density at radius 2 is 1.81 bits per heavy atom. The summed E-state index contributed by atoms with van der Waals surface area (Å²) >= 11 is 10.7. The number of methoxy groups -OCH3 is 1. The van der Waals surface area contributed by atoms with Gasteiger partial charge in [-0.15, -0.1) is 0 Å². The molecule has 3 aromatic rings. The summed E-state index contributed by atoms with van der Waals surface area (Å²) in [6.45, 7) is 0. The highest BCUT2D eigenvalue weighted by Gasteiger charge is 2.10. The van der Waals surface area contributed by atoms with E-state index in [1.165, 1.54) is 0 Å². The highest BCUT2D eigenvalue weighted by Crippen LogP contribution is 2.28. The van der Waals surface area contributed by atoms with Crippen LogP contribution in [0.2, 0.25) is 0 Å². The van der Waals surface area contributed by atoms with Gasteiger partial charge in [0.2, 0.25) is 0 Å². The number of nitrogens with zero attached hydrogens (tertiary/aromatic N) is 1. The van der Waals surface area contributed by atoms with E-state index >= 15 is 0 Å². The van der Waals surface area contributed by atoms with Crippen LogP contribution >= 0.6 is 24.4 Å². The van der Waals surface area contributed by atoms with Crippen LogP contribution in [0.3, 0.4) is 0 Å². The summed E-state index contributed by atoms with van der Waals surface area (Å²) in [5.41, 5.74) is 1.22. The van der Waals surface area contributed by atoms with Crippen LogP contribution in [-0.2, 0) is 0 Å². The molecule has 6 heteroatoms. The Morgan fingerprint density at radius 1 is 1.10 bits per heavy atom. The molecule has 0 atom stereocenters. The number of ether oxygens (including phenoxy) is 1. The molecule has 0 spiro atoms. The van der Waals surface area contributed by atoms with Crippen molar-refractivity contribution in [2.45, 2.75) is 0 Å². The number of benzene rings is 2. The molecule has 1 N–H and O–H groups in total. The largest absolute Gasteiger partial charge is 0.507 e. The van der Waals surface area contributed by atoms with Gasteiger partial charge >= 0.3 is 0 Å². The molecule has 0 unspecified atom stereocenters. The molecule has 1 aromatic heterocycles. The van der Waals surface area contributed by atoms with Crippen LogP contribution in [0.25, 0.3) is 16.7 Å². The van der Waals surface area contributed by atoms with E-state index in [1.807, 2.05) is 12.1 Å². The van der Waals surface area contributed by atoms with Gasteiger partial charge in [-0.25, -0.2) is 0 Å². The Labute approximate surface area is 130 Å². The molecule has 0 bridgehead atoms. The van der Waals surface area contributed by atoms with E-state index in [0.717, 1.165) is 11.4 Å². The van der Waals surface area contributed by atoms with Crippen LogP contribution in [0.4, 0.5) is 0 Å². The van der Waals surface area contributed by atoms with Crippen molar-refractivity contribution in [1.29, 1.82) is 0 Å². The van der Waals surface area contributed by atoms with E-state index in [4.69, 9.17) is 33.6 Å². The lowest BCUT2D eigenvalue weighted by Crippen LogP contribution is -1.99. The lowest BCUT2D eigenvalue weighted by molar-refractivity contribution is 0.414. The van der Waals surface area contributed by atoms with Gasteiger partial charge in [-0.3, -0.25) is 4.57 Å². The molecule has 0 aliphatic heterocycles. The standard InChI is InChI=1S/C15H11NO3S2/c1-18-10-7-5-9(6-8-10)16-14(20)13-11(17)3-2-4-12(13)19-15(16)21/h2-8,17H,1H3. The number of phenols is 1. The Kier molecular flexibility index (Phi) is 3.48. The minimum Gasteiger partial charge on any atom is -0.507 e. The summed E-state index contributed by atoms with van der Waals surface area (Å²) in [5, 5.41) is 10.5. The van der Waals surface area contributed by atoms with Gasteiger partial charge in [-0.2, -0.15) is 0 Å². The average molecular weight is 317 g/mol. The third kappa shape index (κ3) is 2.32. The van der Waals surface area contributed by atoms with E-state index < -0.39 is 0 Å². The maximum absolute atomic E-state index is 10.0. The minimum absolute atomic E-state index is 0.0681. The molecule has 106 valence electrons. The fraction of sp³-hybridized carbons (Fsp3) is 0.0667. The Hall–Kier alpha value is -2.18. The number of phenolic OH excluding ortho intramolecular Hbond substituents is 1. The van der Waals surface area contributed by atoms with Gasteiger partial charge in [0.15, 0.2) is 0 Å². The van der Waals surface area contributed by atoms with Crippen molar-refractivity contribution in [3.05, 3.63) is 51.9 Å². The first-order chi connectivity index (χ1) is 10.1. The van der Waals surface area contributed by atoms with Crippen LogP contribution in [0.15, 0.2) is 46.9 Å². The van der Waals surface area contributed by atoms with Crippen LogP contribution < -0.4 is 4.74 Å². The van der Waals surface area contributed by atoms with Gasteiger partial charge < -0.3 is 14.3 Å². The molecule has 0 saturated heterocycles. The highest BCUT2D eigenvalue weighted by atomic mass is 32.1. The first-order valence-electron chi connectivity index (χ1n) is 6.14. The monoisotopic (exact) mass is 317 g/mol. The summed E-state index contributed by atoms with van der Waals surface area (Å²) in [5.74, 6) is 0.801. The Bertz CT molecular complexity index is 926. The second kappa shape index (κ2) is 5.31. The van der Waals surface area contributed by atoms with Crippen molar-refractivity contribution >= 4 is 35.4 Å². The second-order valence-corrected chi connectivity index (χ2v) is 5.09. The fourth-order valence-electron chi connectivity index (χ4n) is 2.11. The number of hydrogen-bond acceptors (Lipinski definition) is 5. The summed E-state index contributed by atoms with van der Waals surface area (Å²) in [6.07, 6.45) is 0. The first kappa shape index (κ1) is 13.8. The first-order valence-corrected chi connectivity index (χ1v) is 6.96. The molecule has 21 heavy (non-hydrogen) atoms. The van der Waals surface area contributed by atoms with E-state index in [2.05, 4.69) is 0 Å². The summed E-state index contributed by atoms with van der Waals surface area (Å²) in [6, 6.07) is 12.2. The lowest BCUT2D eigenvalue weighted by Gasteiger charge is -2.10. The molecule has 0 amide bonds. The Balaban J connectivity index is 2.34. The van der Waals surface area contributed by atoms with Gasteiger partial charge in [0, 0.05) is 0 Å². The number of fused-ring (bicyclic) bond motifs is 1. The van der Waals surface area contributed by atoms with Gasteiger partial charge in [0.1, 0.15) is 21.7 Å². The van der Waals surface area contributed by atoms with Crippen molar-refractivity contribution in [3.63, 3.8) is 0 Å². The lowest BCUT2D eigenvalue weighted by atomic mass is 10.2. The van der Waals surface area contributed by atoms with E-state index in [9.17, 15) is 5.11 Å². The topological polar surface area (TPSA) is 47.5 Å². The molecule has 4 nitrogen and oxygen atoms in total. The van der Waals surface area contributed by atoms with Crippen LogP contribution in [0.5, 0.6) is 11.5 Å². The SMILES string of the molecule is COc1ccc(-n2c(=S)oc3cccc(O)c3c2=S)cc1. The highest BCUT2D eigenvalue weighted by molar-refractivity contribution is 7.72. The third-order valence-corrected chi connectivity index (χ3v) is 3.78. The van der Waals surface area contributed by atoms with Gasteiger partial charge in [0.05, 0.1) is 18.2 Å². The molecule has 0 radical (unpaired) electrons. The normalized spacial score (nSPS) is 10.7. The zero-order chi connectivity index (χ0) is 15.0. The number of aromatic hydroxyl groups is 1. The summed E-state index contributed by atoms with van der Waals surface area (Å²) < 4.78 is 12.7. The van der Waals surface area contributed by atoms with Crippen molar-refractivity contribution < 1.29 is 14.3 Å². The third-order valence-electron chi connectivity index (χ3n) is 3.13. The Morgan fingerprint density at radius 3 is 2.48 bits per heavy atom. The van der Waals surface area contributed by atoms with Crippen molar-refractivity contribution in [1.82, 2.24) is 4.57 Å². The molecule has 0 aliphatic rings. The fourth-order valence-corrected chi connectivity index (χ4v) is 2.85. The van der Waals surface area contributed by atoms with Crippen molar-refractivity contribution in [2.24, 2.45) is 0 Å². The maximum Gasteiger partial charge on any atom is 0.274 e. The van der Waals surface area contributed by atoms with Crippen LogP contribution in [-0.4, -0.2) is 16.8 Å². The summed E-state index contributed by atoms with van der Waals surface area (Å²) in [4.78, 5) is 0.225. The molecule has 1 heterocycles. The predicted octanol–water partition coefficient (Wildman–Crippen LogP) is 4.40. The number of hydrogen-bond donors (Lipinski definition) is 1. The molecular formula is C15H11NO3S2. The smallest absolute Gasteiger partial charge is 0.274 e. The molecule has 0 saturated carbocycles. The number of rotatable bonds is 2. The molecule has 0 fully saturated rings. The maximum atomic E-state index is 10.0. The van der Waals surface area contributed by atoms with E-state index in [0.29, 0.717) is 15.6 Å².